The van der Waals surface area contributed by atoms with Crippen molar-refractivity contribution in [3.63, 3.8) is 0 Å². The third-order valence-corrected chi connectivity index (χ3v) is 1.32. The van der Waals surface area contributed by atoms with Crippen LogP contribution in [0.1, 0.15) is 25.7 Å². The van der Waals surface area contributed by atoms with Gasteiger partial charge in [-0.15, -0.1) is 0 Å². The van der Waals surface area contributed by atoms with E-state index in [1.807, 2.05) is 0 Å². The van der Waals surface area contributed by atoms with Crippen molar-refractivity contribution in [2.24, 2.45) is 0 Å². The molecule has 0 saturated heterocycles. The standard InChI is InChI=1S/C9H10/c1-2-5-9-7-3-6-8(9)4-1/h1-2,4-5H,3,6-7H2/i3D2,6D2,7D2. The second-order valence-corrected chi connectivity index (χ2v) is 1.92. The molecule has 1 aliphatic rings. The molecule has 0 spiro atoms. The Kier molecular flexibility index (Phi) is 0.384. The molecule has 0 aromatic heterocycles. The molecule has 46 valence electrons. The molecule has 0 radical (unpaired) electrons. The Morgan fingerprint density at radius 1 is 1.11 bits per heavy atom. The van der Waals surface area contributed by atoms with Crippen molar-refractivity contribution in [3.05, 3.63) is 35.4 Å². The van der Waals surface area contributed by atoms with Gasteiger partial charge < -0.3 is 0 Å². The minimum Gasteiger partial charge on any atom is -0.0620 e. The van der Waals surface area contributed by atoms with E-state index in [-0.39, 0.29) is 11.1 Å². The maximum atomic E-state index is 7.68. The predicted molar refractivity (Wildman–Crippen MR) is 38.5 cm³/mol. The van der Waals surface area contributed by atoms with Gasteiger partial charge in [-0.2, -0.15) is 0 Å². The molecule has 0 bridgehead atoms. The Bertz CT molecular complexity index is 372. The number of aryl methyl sites for hydroxylation is 2. The van der Waals surface area contributed by atoms with E-state index in [4.69, 9.17) is 8.22 Å². The van der Waals surface area contributed by atoms with Crippen LogP contribution in [0.25, 0.3) is 0 Å². The van der Waals surface area contributed by atoms with E-state index in [0.29, 0.717) is 0 Å². The summed E-state index contributed by atoms with van der Waals surface area (Å²) < 4.78 is 45.9. The molecule has 0 atom stereocenters. The molecule has 1 aromatic rings. The average molecular weight is 124 g/mol. The Morgan fingerprint density at radius 3 is 2.22 bits per heavy atom. The van der Waals surface area contributed by atoms with Crippen LogP contribution in [0.4, 0.5) is 0 Å². The molecule has 0 heteroatoms. The lowest BCUT2D eigenvalue weighted by Crippen LogP contribution is -1.77. The van der Waals surface area contributed by atoms with Gasteiger partial charge in [-0.25, -0.2) is 0 Å². The molecular formula is C9H10. The molecule has 0 heterocycles. The average Bonchev–Trinajstić information content (AvgIpc) is 2.26. The van der Waals surface area contributed by atoms with Crippen LogP contribution < -0.4 is 0 Å². The fourth-order valence-corrected chi connectivity index (χ4v) is 0.867. The molecule has 0 aliphatic heterocycles. The zero-order valence-electron chi connectivity index (χ0n) is 10.8. The largest absolute Gasteiger partial charge is 0.0620 e. The van der Waals surface area contributed by atoms with Gasteiger partial charge in [-0.05, 0) is 30.2 Å². The molecule has 1 aliphatic carbocycles. The minimum absolute atomic E-state index is 0.111. The smallest absolute Gasteiger partial charge is 0.0316 e. The zero-order chi connectivity index (χ0) is 11.5. The van der Waals surface area contributed by atoms with Crippen LogP contribution in [0.5, 0.6) is 0 Å². The maximum absolute atomic E-state index is 7.68. The number of hydrogen-bond donors (Lipinski definition) is 0. The van der Waals surface area contributed by atoms with Crippen molar-refractivity contribution in [2.45, 2.75) is 19.1 Å². The van der Waals surface area contributed by atoms with Crippen molar-refractivity contribution in [2.75, 3.05) is 0 Å². The Hall–Kier alpha value is -0.780. The van der Waals surface area contributed by atoms with Crippen LogP contribution in [0.3, 0.4) is 0 Å². The van der Waals surface area contributed by atoms with Crippen molar-refractivity contribution in [3.8, 4) is 0 Å². The fourth-order valence-electron chi connectivity index (χ4n) is 0.867. The highest BCUT2D eigenvalue weighted by Crippen LogP contribution is 2.20. The Balaban J connectivity index is 2.78. The molecule has 1 aromatic carbocycles. The molecule has 0 amide bonds. The highest BCUT2D eigenvalue weighted by atomic mass is 14.1. The summed E-state index contributed by atoms with van der Waals surface area (Å²) in [5.41, 5.74) is 0.222. The fraction of sp³-hybridized carbons (Fsp3) is 0.333. The van der Waals surface area contributed by atoms with Gasteiger partial charge in [0, 0.05) is 8.22 Å². The van der Waals surface area contributed by atoms with Crippen LogP contribution in [0.2, 0.25) is 0 Å². The third kappa shape index (κ3) is 0.748. The first-order valence-electron chi connectivity index (χ1n) is 5.83. The second kappa shape index (κ2) is 1.87. The van der Waals surface area contributed by atoms with E-state index in [1.165, 1.54) is 12.1 Å². The van der Waals surface area contributed by atoms with Crippen molar-refractivity contribution < 1.29 is 8.22 Å². The first kappa shape index (κ1) is 1.85. The van der Waals surface area contributed by atoms with Gasteiger partial charge in [0.2, 0.25) is 0 Å². The Labute approximate surface area is 64.0 Å². The van der Waals surface area contributed by atoms with Crippen molar-refractivity contribution >= 4 is 0 Å². The first-order valence-corrected chi connectivity index (χ1v) is 2.83. The topological polar surface area (TPSA) is 0 Å². The predicted octanol–water partition coefficient (Wildman–Crippen LogP) is 2.18. The minimum atomic E-state index is -2.54. The molecule has 0 N–H and O–H groups in total. The van der Waals surface area contributed by atoms with E-state index in [2.05, 4.69) is 0 Å². The zero-order valence-corrected chi connectivity index (χ0v) is 4.81. The van der Waals surface area contributed by atoms with E-state index < -0.39 is 19.1 Å². The molecule has 2 rings (SSSR count). The number of benzene rings is 1. The lowest BCUT2D eigenvalue weighted by molar-refractivity contribution is 0.912. The van der Waals surface area contributed by atoms with Gasteiger partial charge in [0.1, 0.15) is 0 Å². The summed E-state index contributed by atoms with van der Waals surface area (Å²) in [6.45, 7) is 0. The van der Waals surface area contributed by atoms with Gasteiger partial charge in [0.25, 0.3) is 0 Å². The van der Waals surface area contributed by atoms with Gasteiger partial charge >= 0.3 is 0 Å². The molecular weight excluding hydrogens is 108 g/mol. The summed E-state index contributed by atoms with van der Waals surface area (Å²) in [4.78, 5) is 0. The lowest BCUT2D eigenvalue weighted by atomic mass is 10.1. The Morgan fingerprint density at radius 2 is 1.67 bits per heavy atom. The third-order valence-electron chi connectivity index (χ3n) is 1.32. The van der Waals surface area contributed by atoms with E-state index in [1.54, 1.807) is 12.1 Å². The highest BCUT2D eigenvalue weighted by molar-refractivity contribution is 5.30. The van der Waals surface area contributed by atoms with Crippen LogP contribution in [0.15, 0.2) is 24.3 Å². The SMILES string of the molecule is [2H]C1([2H])c2ccccc2C([2H])([2H])C1([2H])[2H]. The lowest BCUT2D eigenvalue weighted by Gasteiger charge is -1.93. The van der Waals surface area contributed by atoms with Crippen molar-refractivity contribution in [1.82, 2.24) is 0 Å². The van der Waals surface area contributed by atoms with E-state index in [9.17, 15) is 0 Å². The van der Waals surface area contributed by atoms with Crippen molar-refractivity contribution in [1.29, 1.82) is 0 Å². The normalized spacial score (nSPS) is 42.2. The highest BCUT2D eigenvalue weighted by Gasteiger charge is 2.07. The quantitative estimate of drug-likeness (QED) is 0.497. The molecule has 0 saturated carbocycles. The van der Waals surface area contributed by atoms with Gasteiger partial charge in [-0.3, -0.25) is 0 Å². The summed E-state index contributed by atoms with van der Waals surface area (Å²) in [6, 6.07) is 6.07. The van der Waals surface area contributed by atoms with Crippen LogP contribution in [-0.2, 0) is 12.7 Å². The molecule has 0 unspecified atom stereocenters. The van der Waals surface area contributed by atoms with Gasteiger partial charge in [-0.1, -0.05) is 24.3 Å². The van der Waals surface area contributed by atoms with Crippen LogP contribution in [0, 0.1) is 0 Å². The number of hydrogen-bond acceptors (Lipinski definition) is 0. The van der Waals surface area contributed by atoms with E-state index in [0.717, 1.165) is 0 Å². The maximum Gasteiger partial charge on any atom is 0.0316 e. The monoisotopic (exact) mass is 124 g/mol. The summed E-state index contributed by atoms with van der Waals surface area (Å²) in [5.74, 6) is 0. The van der Waals surface area contributed by atoms with Gasteiger partial charge in [0.15, 0.2) is 0 Å². The first-order chi connectivity index (χ1) is 6.73. The summed E-state index contributed by atoms with van der Waals surface area (Å²) >= 11 is 0. The number of rotatable bonds is 0. The second-order valence-electron chi connectivity index (χ2n) is 1.92. The van der Waals surface area contributed by atoms with E-state index >= 15 is 0 Å². The summed E-state index contributed by atoms with van der Waals surface area (Å²) in [7, 11) is 0. The van der Waals surface area contributed by atoms with Crippen LogP contribution >= 0.6 is 0 Å². The van der Waals surface area contributed by atoms with Crippen LogP contribution in [-0.4, -0.2) is 0 Å². The summed E-state index contributed by atoms with van der Waals surface area (Å²) in [5, 5.41) is 0. The number of fused-ring (bicyclic) bond motifs is 1. The molecule has 0 fully saturated rings. The molecule has 0 nitrogen and oxygen atoms in total. The summed E-state index contributed by atoms with van der Waals surface area (Å²) in [6.07, 6.45) is -7.11. The molecule has 9 heavy (non-hydrogen) atoms. The van der Waals surface area contributed by atoms with Gasteiger partial charge in [0.05, 0.1) is 0 Å².